The molecule has 1 N–H and O–H groups in total. The second-order valence-electron chi connectivity index (χ2n) is 4.64. The van der Waals surface area contributed by atoms with E-state index in [-0.39, 0.29) is 17.2 Å². The smallest absolute Gasteiger partial charge is 0.421 e. The van der Waals surface area contributed by atoms with E-state index in [2.05, 4.69) is 17.4 Å². The Labute approximate surface area is 117 Å². The Morgan fingerprint density at radius 2 is 1.95 bits per heavy atom. The molecule has 1 aromatic carbocycles. The second-order valence-corrected chi connectivity index (χ2v) is 4.96. The van der Waals surface area contributed by atoms with Crippen molar-refractivity contribution in [2.75, 3.05) is 17.8 Å². The van der Waals surface area contributed by atoms with E-state index in [4.69, 9.17) is 0 Å². The van der Waals surface area contributed by atoms with Gasteiger partial charge in [0.25, 0.3) is 0 Å². The van der Waals surface area contributed by atoms with Gasteiger partial charge in [-0.05, 0) is 12.1 Å². The third kappa shape index (κ3) is 3.20. The van der Waals surface area contributed by atoms with Crippen LogP contribution in [0.2, 0.25) is 0 Å². The molecule has 0 spiro atoms. The van der Waals surface area contributed by atoms with Crippen LogP contribution < -0.4 is 4.90 Å². The summed E-state index contributed by atoms with van der Waals surface area (Å²) < 4.78 is 4.61. The molecule has 0 bridgehead atoms. The molecule has 0 aliphatic rings. The van der Waals surface area contributed by atoms with Gasteiger partial charge in [-0.3, -0.25) is 4.79 Å². The third-order valence-electron chi connectivity index (χ3n) is 2.66. The Hall–Kier alpha value is -1.69. The third-order valence-corrected chi connectivity index (χ3v) is 3.45. The first-order valence-corrected chi connectivity index (χ1v) is 6.29. The topological polar surface area (TPSA) is 66.8 Å². The number of imide groups is 1. The predicted octanol–water partition coefficient (Wildman–Crippen LogP) is 2.45. The van der Waals surface area contributed by atoms with E-state index in [0.29, 0.717) is 0 Å². The SMILES string of the molecule is COC(=O)N(C(=O)C(C)(C)CS)c1ccccc1O. The number of aromatic hydroxyl groups is 1. The molecule has 0 radical (unpaired) electrons. The first-order valence-electron chi connectivity index (χ1n) is 5.66. The Morgan fingerprint density at radius 3 is 2.42 bits per heavy atom. The number of rotatable bonds is 3. The lowest BCUT2D eigenvalue weighted by Crippen LogP contribution is -2.45. The number of nitrogens with zero attached hydrogens (tertiary/aromatic N) is 1. The van der Waals surface area contributed by atoms with E-state index in [1.165, 1.54) is 19.2 Å². The fourth-order valence-corrected chi connectivity index (χ4v) is 1.54. The van der Waals surface area contributed by atoms with Crippen molar-refractivity contribution in [1.29, 1.82) is 0 Å². The standard InChI is InChI=1S/C13H17NO4S/c1-13(2,8-19)11(16)14(12(17)18-3)9-6-4-5-7-10(9)15/h4-7,15,19H,8H2,1-3H3. The van der Waals surface area contributed by atoms with Crippen molar-refractivity contribution in [2.24, 2.45) is 5.41 Å². The maximum Gasteiger partial charge on any atom is 0.421 e. The van der Waals surface area contributed by atoms with Crippen molar-refractivity contribution in [3.63, 3.8) is 0 Å². The number of methoxy groups -OCH3 is 1. The molecule has 0 aromatic heterocycles. The van der Waals surface area contributed by atoms with Crippen molar-refractivity contribution in [3.8, 4) is 5.75 Å². The number of phenolic OH excluding ortho intramolecular Hbond substituents is 1. The zero-order valence-corrected chi connectivity index (χ0v) is 12.0. The molecule has 5 nitrogen and oxygen atoms in total. The van der Waals surface area contributed by atoms with Crippen LogP contribution >= 0.6 is 12.6 Å². The summed E-state index contributed by atoms with van der Waals surface area (Å²) in [7, 11) is 1.18. The van der Waals surface area contributed by atoms with Crippen LogP contribution in [-0.4, -0.2) is 30.0 Å². The van der Waals surface area contributed by atoms with Gasteiger partial charge in [0.05, 0.1) is 18.2 Å². The van der Waals surface area contributed by atoms with Gasteiger partial charge < -0.3 is 9.84 Å². The van der Waals surface area contributed by atoms with Crippen LogP contribution in [0.15, 0.2) is 24.3 Å². The van der Waals surface area contributed by atoms with Crippen LogP contribution in [0.4, 0.5) is 10.5 Å². The molecule has 6 heteroatoms. The van der Waals surface area contributed by atoms with Crippen molar-refractivity contribution < 1.29 is 19.4 Å². The highest BCUT2D eigenvalue weighted by Gasteiger charge is 2.36. The summed E-state index contributed by atoms with van der Waals surface area (Å²) in [6.45, 7) is 3.33. The number of hydrogen-bond acceptors (Lipinski definition) is 5. The molecule has 0 unspecified atom stereocenters. The number of amides is 2. The highest BCUT2D eigenvalue weighted by molar-refractivity contribution is 7.80. The summed E-state index contributed by atoms with van der Waals surface area (Å²) in [4.78, 5) is 25.1. The highest BCUT2D eigenvalue weighted by atomic mass is 32.1. The average molecular weight is 283 g/mol. The summed E-state index contributed by atoms with van der Waals surface area (Å²) in [5.74, 6) is -0.403. The summed E-state index contributed by atoms with van der Waals surface area (Å²) in [5.41, 5.74) is -0.770. The monoisotopic (exact) mass is 283 g/mol. The number of phenols is 1. The molecule has 0 saturated carbocycles. The van der Waals surface area contributed by atoms with Gasteiger partial charge >= 0.3 is 6.09 Å². The van der Waals surface area contributed by atoms with Crippen LogP contribution in [0, 0.1) is 5.41 Å². The average Bonchev–Trinajstić information content (AvgIpc) is 2.40. The summed E-state index contributed by atoms with van der Waals surface area (Å²) >= 11 is 4.11. The van der Waals surface area contributed by atoms with Crippen LogP contribution in [0.1, 0.15) is 13.8 Å². The van der Waals surface area contributed by atoms with Crippen molar-refractivity contribution in [3.05, 3.63) is 24.3 Å². The highest BCUT2D eigenvalue weighted by Crippen LogP contribution is 2.31. The number of ether oxygens (including phenoxy) is 1. The molecule has 104 valence electrons. The Morgan fingerprint density at radius 1 is 1.37 bits per heavy atom. The van der Waals surface area contributed by atoms with E-state index < -0.39 is 17.4 Å². The molecule has 2 amide bonds. The molecule has 0 heterocycles. The molecule has 0 aliphatic carbocycles. The van der Waals surface area contributed by atoms with Crippen LogP contribution in [0.5, 0.6) is 5.75 Å². The number of carbonyl (C=O) groups is 2. The first kappa shape index (κ1) is 15.4. The van der Waals surface area contributed by atoms with Gasteiger partial charge in [0.15, 0.2) is 0 Å². The molecular weight excluding hydrogens is 266 g/mol. The van der Waals surface area contributed by atoms with Gasteiger partial charge in [0, 0.05) is 5.75 Å². The number of benzene rings is 1. The van der Waals surface area contributed by atoms with Gasteiger partial charge in [-0.15, -0.1) is 0 Å². The van der Waals surface area contributed by atoms with Crippen molar-refractivity contribution in [1.82, 2.24) is 0 Å². The van der Waals surface area contributed by atoms with Gasteiger partial charge in [0.2, 0.25) is 5.91 Å². The van der Waals surface area contributed by atoms with E-state index in [0.717, 1.165) is 4.90 Å². The Balaban J connectivity index is 3.28. The fourth-order valence-electron chi connectivity index (χ4n) is 1.41. The van der Waals surface area contributed by atoms with Crippen LogP contribution in [-0.2, 0) is 9.53 Å². The summed E-state index contributed by atoms with van der Waals surface area (Å²) in [5, 5.41) is 9.79. The number of para-hydroxylation sites is 2. The molecular formula is C13H17NO4S. The van der Waals surface area contributed by atoms with Crippen LogP contribution in [0.3, 0.4) is 0 Å². The van der Waals surface area contributed by atoms with Crippen molar-refractivity contribution >= 4 is 30.3 Å². The first-order chi connectivity index (χ1) is 8.85. The van der Waals surface area contributed by atoms with E-state index in [1.54, 1.807) is 26.0 Å². The number of anilines is 1. The lowest BCUT2D eigenvalue weighted by molar-refractivity contribution is -0.125. The molecule has 0 aliphatic heterocycles. The second kappa shape index (κ2) is 5.97. The summed E-state index contributed by atoms with van der Waals surface area (Å²) in [6, 6.07) is 6.08. The minimum atomic E-state index is -0.862. The Kier molecular flexibility index (Phi) is 4.83. The fraction of sp³-hybridized carbons (Fsp3) is 0.385. The van der Waals surface area contributed by atoms with Gasteiger partial charge in [0.1, 0.15) is 5.75 Å². The van der Waals surface area contributed by atoms with Gasteiger partial charge in [-0.2, -0.15) is 12.6 Å². The normalized spacial score (nSPS) is 10.9. The summed E-state index contributed by atoms with van der Waals surface area (Å²) in [6.07, 6.45) is -0.846. The van der Waals surface area contributed by atoms with E-state index in [1.807, 2.05) is 0 Å². The zero-order valence-electron chi connectivity index (χ0n) is 11.1. The van der Waals surface area contributed by atoms with Gasteiger partial charge in [-0.25, -0.2) is 9.69 Å². The maximum atomic E-state index is 12.4. The molecule has 0 atom stereocenters. The van der Waals surface area contributed by atoms with Gasteiger partial charge in [-0.1, -0.05) is 26.0 Å². The minimum absolute atomic E-state index is 0.0919. The molecule has 1 rings (SSSR count). The van der Waals surface area contributed by atoms with Crippen molar-refractivity contribution in [2.45, 2.75) is 13.8 Å². The minimum Gasteiger partial charge on any atom is -0.506 e. The number of hydrogen-bond donors (Lipinski definition) is 2. The quantitative estimate of drug-likeness (QED) is 0.836. The molecule has 19 heavy (non-hydrogen) atoms. The molecule has 0 fully saturated rings. The molecule has 0 saturated heterocycles. The number of carbonyl (C=O) groups excluding carboxylic acids is 2. The largest absolute Gasteiger partial charge is 0.506 e. The maximum absolute atomic E-state index is 12.4. The Bertz CT molecular complexity index is 487. The predicted molar refractivity (Wildman–Crippen MR) is 75.6 cm³/mol. The van der Waals surface area contributed by atoms with E-state index >= 15 is 0 Å². The lowest BCUT2D eigenvalue weighted by atomic mass is 9.94. The zero-order chi connectivity index (χ0) is 14.6. The molecule has 1 aromatic rings. The number of thiol groups is 1. The lowest BCUT2D eigenvalue weighted by Gasteiger charge is -2.28. The van der Waals surface area contributed by atoms with Crippen LogP contribution in [0.25, 0.3) is 0 Å². The van der Waals surface area contributed by atoms with E-state index in [9.17, 15) is 14.7 Å².